The number of rotatable bonds is 5. The Balaban J connectivity index is 1.88. The van der Waals surface area contributed by atoms with E-state index in [0.717, 1.165) is 12.4 Å². The molecule has 1 aliphatic heterocycles. The van der Waals surface area contributed by atoms with E-state index in [1.165, 1.54) is 25.9 Å². The molecular formula is C13H20ClN3O. The van der Waals surface area contributed by atoms with Gasteiger partial charge in [-0.2, -0.15) is 4.98 Å². The Kier molecular flexibility index (Phi) is 4.78. The van der Waals surface area contributed by atoms with Crippen LogP contribution in [0, 0.1) is 0 Å². The van der Waals surface area contributed by atoms with E-state index in [9.17, 15) is 0 Å². The standard InChI is InChI=1S/C13H20ClN3O/c1-10(2)13-15-11(14)9-12(16-13)18-8-7-17-5-3-4-6-17/h9-10H,3-8H2,1-2H3. The number of hydrogen-bond donors (Lipinski definition) is 0. The molecule has 0 amide bonds. The van der Waals surface area contributed by atoms with Gasteiger partial charge in [0, 0.05) is 18.5 Å². The van der Waals surface area contributed by atoms with Crippen LogP contribution in [0.3, 0.4) is 0 Å². The highest BCUT2D eigenvalue weighted by molar-refractivity contribution is 6.29. The maximum Gasteiger partial charge on any atom is 0.218 e. The average Bonchev–Trinajstić information content (AvgIpc) is 2.81. The summed E-state index contributed by atoms with van der Waals surface area (Å²) in [6, 6.07) is 1.68. The minimum atomic E-state index is 0.254. The third-order valence-electron chi connectivity index (χ3n) is 3.06. The van der Waals surface area contributed by atoms with E-state index in [-0.39, 0.29) is 5.92 Å². The Morgan fingerprint density at radius 1 is 1.33 bits per heavy atom. The second kappa shape index (κ2) is 6.34. The number of ether oxygens (including phenoxy) is 1. The number of halogens is 1. The summed E-state index contributed by atoms with van der Waals surface area (Å²) in [5, 5.41) is 0.449. The van der Waals surface area contributed by atoms with Gasteiger partial charge in [-0.25, -0.2) is 4.98 Å². The van der Waals surface area contributed by atoms with E-state index in [0.29, 0.717) is 17.6 Å². The molecule has 0 radical (unpaired) electrons. The van der Waals surface area contributed by atoms with Crippen molar-refractivity contribution in [1.29, 1.82) is 0 Å². The van der Waals surface area contributed by atoms with Crippen molar-refractivity contribution in [2.24, 2.45) is 0 Å². The van der Waals surface area contributed by atoms with Gasteiger partial charge in [-0.05, 0) is 25.9 Å². The molecule has 0 atom stereocenters. The molecule has 4 nitrogen and oxygen atoms in total. The topological polar surface area (TPSA) is 38.2 Å². The smallest absolute Gasteiger partial charge is 0.218 e. The Bertz CT molecular complexity index is 392. The zero-order valence-electron chi connectivity index (χ0n) is 11.0. The highest BCUT2D eigenvalue weighted by atomic mass is 35.5. The van der Waals surface area contributed by atoms with Gasteiger partial charge in [-0.15, -0.1) is 0 Å². The number of nitrogens with zero attached hydrogens (tertiary/aromatic N) is 3. The molecule has 1 aromatic heterocycles. The predicted octanol–water partition coefficient (Wildman–Crippen LogP) is 2.73. The first-order valence-corrected chi connectivity index (χ1v) is 6.92. The van der Waals surface area contributed by atoms with Gasteiger partial charge in [-0.3, -0.25) is 4.90 Å². The lowest BCUT2D eigenvalue weighted by molar-refractivity contribution is 0.231. The Morgan fingerprint density at radius 3 is 2.72 bits per heavy atom. The van der Waals surface area contributed by atoms with Gasteiger partial charge in [0.2, 0.25) is 5.88 Å². The Morgan fingerprint density at radius 2 is 2.06 bits per heavy atom. The fraction of sp³-hybridized carbons (Fsp3) is 0.692. The average molecular weight is 270 g/mol. The number of likely N-dealkylation sites (tertiary alicyclic amines) is 1. The molecule has 0 unspecified atom stereocenters. The summed E-state index contributed by atoms with van der Waals surface area (Å²) in [7, 11) is 0. The van der Waals surface area contributed by atoms with Crippen molar-refractivity contribution < 1.29 is 4.74 Å². The minimum Gasteiger partial charge on any atom is -0.476 e. The van der Waals surface area contributed by atoms with E-state index in [4.69, 9.17) is 16.3 Å². The summed E-state index contributed by atoms with van der Waals surface area (Å²) in [5.41, 5.74) is 0. The van der Waals surface area contributed by atoms with Crippen molar-refractivity contribution in [3.63, 3.8) is 0 Å². The SMILES string of the molecule is CC(C)c1nc(Cl)cc(OCCN2CCCC2)n1. The zero-order chi connectivity index (χ0) is 13.0. The van der Waals surface area contributed by atoms with Crippen LogP contribution in [0.2, 0.25) is 5.15 Å². The quantitative estimate of drug-likeness (QED) is 0.771. The maximum absolute atomic E-state index is 5.96. The van der Waals surface area contributed by atoms with Crippen molar-refractivity contribution in [2.45, 2.75) is 32.6 Å². The first-order chi connectivity index (χ1) is 8.65. The lowest BCUT2D eigenvalue weighted by Crippen LogP contribution is -2.25. The van der Waals surface area contributed by atoms with Crippen LogP contribution in [0.5, 0.6) is 5.88 Å². The van der Waals surface area contributed by atoms with Crippen LogP contribution in [-0.2, 0) is 0 Å². The van der Waals surface area contributed by atoms with Crippen LogP contribution in [0.25, 0.3) is 0 Å². The highest BCUT2D eigenvalue weighted by Gasteiger charge is 2.12. The monoisotopic (exact) mass is 269 g/mol. The van der Waals surface area contributed by atoms with Gasteiger partial charge in [-0.1, -0.05) is 25.4 Å². The van der Waals surface area contributed by atoms with Gasteiger partial charge < -0.3 is 4.74 Å². The van der Waals surface area contributed by atoms with Crippen LogP contribution in [0.1, 0.15) is 38.4 Å². The largest absolute Gasteiger partial charge is 0.476 e. The molecule has 0 bridgehead atoms. The fourth-order valence-electron chi connectivity index (χ4n) is 2.03. The highest BCUT2D eigenvalue weighted by Crippen LogP contribution is 2.18. The van der Waals surface area contributed by atoms with Crippen molar-refractivity contribution in [2.75, 3.05) is 26.2 Å². The molecule has 0 aromatic carbocycles. The maximum atomic E-state index is 5.96. The third kappa shape index (κ3) is 3.82. The van der Waals surface area contributed by atoms with Crippen molar-refractivity contribution >= 4 is 11.6 Å². The summed E-state index contributed by atoms with van der Waals surface area (Å²) in [6.07, 6.45) is 2.60. The van der Waals surface area contributed by atoms with Crippen LogP contribution in [-0.4, -0.2) is 41.1 Å². The zero-order valence-corrected chi connectivity index (χ0v) is 11.8. The molecular weight excluding hydrogens is 250 g/mol. The fourth-order valence-corrected chi connectivity index (χ4v) is 2.21. The van der Waals surface area contributed by atoms with Gasteiger partial charge in [0.15, 0.2) is 0 Å². The van der Waals surface area contributed by atoms with Gasteiger partial charge in [0.25, 0.3) is 0 Å². The Hall–Kier alpha value is -0.870. The molecule has 1 aliphatic rings. The first-order valence-electron chi connectivity index (χ1n) is 6.55. The first kappa shape index (κ1) is 13.6. The van der Waals surface area contributed by atoms with Crippen molar-refractivity contribution in [3.05, 3.63) is 17.0 Å². The van der Waals surface area contributed by atoms with Crippen molar-refractivity contribution in [1.82, 2.24) is 14.9 Å². The van der Waals surface area contributed by atoms with Crippen LogP contribution in [0.4, 0.5) is 0 Å². The van der Waals surface area contributed by atoms with Gasteiger partial charge in [0.05, 0.1) is 0 Å². The molecule has 2 rings (SSSR count). The van der Waals surface area contributed by atoms with E-state index in [1.807, 2.05) is 13.8 Å². The van der Waals surface area contributed by atoms with Crippen LogP contribution in [0.15, 0.2) is 6.07 Å². The number of hydrogen-bond acceptors (Lipinski definition) is 4. The third-order valence-corrected chi connectivity index (χ3v) is 3.25. The molecule has 5 heteroatoms. The van der Waals surface area contributed by atoms with Crippen LogP contribution < -0.4 is 4.74 Å². The minimum absolute atomic E-state index is 0.254. The van der Waals surface area contributed by atoms with E-state index in [1.54, 1.807) is 6.07 Å². The Labute approximate surface area is 113 Å². The molecule has 1 saturated heterocycles. The second-order valence-electron chi connectivity index (χ2n) is 4.94. The summed E-state index contributed by atoms with van der Waals surface area (Å²) < 4.78 is 5.66. The van der Waals surface area contributed by atoms with E-state index >= 15 is 0 Å². The summed E-state index contributed by atoms with van der Waals surface area (Å²) in [6.45, 7) is 8.07. The summed E-state index contributed by atoms with van der Waals surface area (Å²) in [4.78, 5) is 11.0. The molecule has 0 saturated carbocycles. The lowest BCUT2D eigenvalue weighted by Gasteiger charge is -2.15. The lowest BCUT2D eigenvalue weighted by atomic mass is 10.2. The summed E-state index contributed by atoms with van der Waals surface area (Å²) >= 11 is 5.96. The number of aromatic nitrogens is 2. The molecule has 100 valence electrons. The van der Waals surface area contributed by atoms with E-state index < -0.39 is 0 Å². The molecule has 0 spiro atoms. The second-order valence-corrected chi connectivity index (χ2v) is 5.33. The van der Waals surface area contributed by atoms with Gasteiger partial charge in [0.1, 0.15) is 17.6 Å². The molecule has 0 aliphatic carbocycles. The molecule has 0 N–H and O–H groups in total. The van der Waals surface area contributed by atoms with Gasteiger partial charge >= 0.3 is 0 Å². The van der Waals surface area contributed by atoms with Crippen molar-refractivity contribution in [3.8, 4) is 5.88 Å². The molecule has 1 fully saturated rings. The normalized spacial score (nSPS) is 16.4. The predicted molar refractivity (Wildman–Crippen MR) is 72.3 cm³/mol. The van der Waals surface area contributed by atoms with E-state index in [2.05, 4.69) is 14.9 Å². The summed E-state index contributed by atoms with van der Waals surface area (Å²) in [5.74, 6) is 1.57. The molecule has 18 heavy (non-hydrogen) atoms. The molecule has 2 heterocycles. The van der Waals surface area contributed by atoms with Crippen LogP contribution >= 0.6 is 11.6 Å². The molecule has 1 aromatic rings.